The minimum Gasteiger partial charge on any atom is -0.351 e. The minimum absolute atomic E-state index is 0.273. The summed E-state index contributed by atoms with van der Waals surface area (Å²) in [5.41, 5.74) is 4.63. The average molecular weight is 491 g/mol. The van der Waals surface area contributed by atoms with Crippen LogP contribution in [0.1, 0.15) is 30.0 Å². The normalized spacial score (nSPS) is 16.1. The minimum atomic E-state index is -0.341. The van der Waals surface area contributed by atoms with Crippen molar-refractivity contribution in [2.24, 2.45) is 0 Å². The van der Waals surface area contributed by atoms with Gasteiger partial charge in [0.2, 0.25) is 5.82 Å². The number of thiocarbonyl (C=S) groups is 1. The highest BCUT2D eigenvalue weighted by Gasteiger charge is 2.35. The molecule has 1 aromatic heterocycles. The zero-order chi connectivity index (χ0) is 23.8. The number of allylic oxidation sites excluding steroid dienone is 1. The summed E-state index contributed by atoms with van der Waals surface area (Å²) in [4.78, 5) is 6.56. The number of benzene rings is 3. The van der Waals surface area contributed by atoms with Crippen LogP contribution in [0.2, 0.25) is 5.02 Å². The van der Waals surface area contributed by atoms with Crippen molar-refractivity contribution in [2.45, 2.75) is 19.9 Å². The first-order valence-electron chi connectivity index (χ1n) is 10.6. The average Bonchev–Trinajstić information content (AvgIpc) is 3.32. The van der Waals surface area contributed by atoms with Gasteiger partial charge in [-0.1, -0.05) is 59.2 Å². The van der Waals surface area contributed by atoms with Crippen molar-refractivity contribution in [1.29, 1.82) is 0 Å². The van der Waals surface area contributed by atoms with Crippen molar-refractivity contribution in [3.8, 4) is 11.4 Å². The van der Waals surface area contributed by atoms with Crippen LogP contribution in [0.15, 0.2) is 83.0 Å². The Morgan fingerprint density at radius 3 is 2.47 bits per heavy atom. The van der Waals surface area contributed by atoms with Crippen LogP contribution in [0, 0.1) is 12.7 Å². The van der Waals surface area contributed by atoms with Gasteiger partial charge in [-0.15, -0.1) is 0 Å². The summed E-state index contributed by atoms with van der Waals surface area (Å²) in [6, 6.07) is 21.7. The standard InChI is InChI=1S/C26H20ClFN4OS/c1-15-14-20(12-13-21(15)28)32-16(2)22(23(29-26(32)34)17-8-10-19(27)11-9-17)25-30-24(31-33-25)18-6-4-3-5-7-18/h3-14,23H,1-2H3,(H,29,34). The highest BCUT2D eigenvalue weighted by atomic mass is 35.5. The molecule has 8 heteroatoms. The van der Waals surface area contributed by atoms with E-state index in [1.165, 1.54) is 6.07 Å². The van der Waals surface area contributed by atoms with Crippen LogP contribution in [0.4, 0.5) is 10.1 Å². The Labute approximate surface area is 206 Å². The van der Waals surface area contributed by atoms with E-state index in [1.807, 2.05) is 66.4 Å². The molecule has 2 heterocycles. The monoisotopic (exact) mass is 490 g/mol. The maximum absolute atomic E-state index is 14.0. The third kappa shape index (κ3) is 4.08. The molecule has 5 nitrogen and oxygen atoms in total. The number of hydrogen-bond donors (Lipinski definition) is 1. The number of anilines is 1. The number of aryl methyl sites for hydroxylation is 1. The molecule has 170 valence electrons. The number of halogens is 2. The summed E-state index contributed by atoms with van der Waals surface area (Å²) in [5, 5.41) is 8.73. The summed E-state index contributed by atoms with van der Waals surface area (Å²) in [6.45, 7) is 3.66. The van der Waals surface area contributed by atoms with E-state index in [0.717, 1.165) is 28.1 Å². The van der Waals surface area contributed by atoms with E-state index in [-0.39, 0.29) is 11.9 Å². The maximum Gasteiger partial charge on any atom is 0.258 e. The number of rotatable bonds is 4. The van der Waals surface area contributed by atoms with E-state index >= 15 is 0 Å². The molecule has 0 amide bonds. The molecule has 0 bridgehead atoms. The summed E-state index contributed by atoms with van der Waals surface area (Å²) < 4.78 is 19.7. The molecule has 1 unspecified atom stereocenters. The van der Waals surface area contributed by atoms with E-state index in [1.54, 1.807) is 19.1 Å². The predicted octanol–water partition coefficient (Wildman–Crippen LogP) is 6.70. The van der Waals surface area contributed by atoms with Gasteiger partial charge in [0.1, 0.15) is 5.82 Å². The van der Waals surface area contributed by atoms with Gasteiger partial charge in [-0.25, -0.2) is 4.39 Å². The van der Waals surface area contributed by atoms with Gasteiger partial charge in [-0.2, -0.15) is 4.98 Å². The molecule has 1 aliphatic heterocycles. The van der Waals surface area contributed by atoms with Crippen molar-refractivity contribution in [3.63, 3.8) is 0 Å². The predicted molar refractivity (Wildman–Crippen MR) is 136 cm³/mol. The van der Waals surface area contributed by atoms with Gasteiger partial charge in [0.25, 0.3) is 5.89 Å². The molecular weight excluding hydrogens is 471 g/mol. The van der Waals surface area contributed by atoms with E-state index in [0.29, 0.717) is 27.4 Å². The van der Waals surface area contributed by atoms with Gasteiger partial charge in [0.15, 0.2) is 5.11 Å². The Bertz CT molecular complexity index is 1400. The molecule has 5 rings (SSSR count). The van der Waals surface area contributed by atoms with Crippen LogP contribution in [0.3, 0.4) is 0 Å². The largest absolute Gasteiger partial charge is 0.351 e. The lowest BCUT2D eigenvalue weighted by molar-refractivity contribution is 0.404. The van der Waals surface area contributed by atoms with Gasteiger partial charge >= 0.3 is 0 Å². The Balaban J connectivity index is 1.66. The van der Waals surface area contributed by atoms with Gasteiger partial charge < -0.3 is 9.84 Å². The zero-order valence-electron chi connectivity index (χ0n) is 18.4. The molecule has 0 radical (unpaired) electrons. The summed E-state index contributed by atoms with van der Waals surface area (Å²) in [7, 11) is 0. The first kappa shape index (κ1) is 22.3. The van der Waals surface area contributed by atoms with Gasteiger partial charge in [-0.3, -0.25) is 4.90 Å². The number of hydrogen-bond acceptors (Lipinski definition) is 4. The molecule has 34 heavy (non-hydrogen) atoms. The van der Waals surface area contributed by atoms with Crippen LogP contribution >= 0.6 is 23.8 Å². The number of nitrogens with zero attached hydrogens (tertiary/aromatic N) is 3. The van der Waals surface area contributed by atoms with Gasteiger partial charge in [-0.05, 0) is 67.5 Å². The van der Waals surface area contributed by atoms with Crippen LogP contribution in [0.5, 0.6) is 0 Å². The van der Waals surface area contributed by atoms with Crippen molar-refractivity contribution in [1.82, 2.24) is 15.5 Å². The lowest BCUT2D eigenvalue weighted by atomic mass is 9.94. The molecule has 0 aliphatic carbocycles. The zero-order valence-corrected chi connectivity index (χ0v) is 20.0. The Morgan fingerprint density at radius 1 is 1.03 bits per heavy atom. The maximum atomic E-state index is 14.0. The van der Waals surface area contributed by atoms with E-state index in [4.69, 9.17) is 33.3 Å². The Kier molecular flexibility index (Phi) is 5.89. The van der Waals surface area contributed by atoms with Gasteiger partial charge in [0.05, 0.1) is 11.6 Å². The summed E-state index contributed by atoms with van der Waals surface area (Å²) in [6.07, 6.45) is 0. The molecule has 3 aromatic carbocycles. The molecule has 1 atom stereocenters. The molecule has 1 aliphatic rings. The van der Waals surface area contributed by atoms with E-state index in [9.17, 15) is 4.39 Å². The molecule has 0 saturated heterocycles. The highest BCUT2D eigenvalue weighted by Crippen LogP contribution is 2.39. The van der Waals surface area contributed by atoms with Crippen molar-refractivity contribution in [2.75, 3.05) is 4.90 Å². The highest BCUT2D eigenvalue weighted by molar-refractivity contribution is 7.80. The molecule has 0 saturated carbocycles. The quantitative estimate of drug-likeness (QED) is 0.321. The molecule has 4 aromatic rings. The van der Waals surface area contributed by atoms with E-state index < -0.39 is 0 Å². The SMILES string of the molecule is CC1=C(c2nc(-c3ccccc3)no2)C(c2ccc(Cl)cc2)NC(=S)N1c1ccc(F)c(C)c1. The molecule has 0 spiro atoms. The fraction of sp³-hybridized carbons (Fsp3) is 0.115. The smallest absolute Gasteiger partial charge is 0.258 e. The van der Waals surface area contributed by atoms with Crippen molar-refractivity contribution in [3.05, 3.63) is 106 Å². The lowest BCUT2D eigenvalue weighted by Gasteiger charge is -2.37. The summed E-state index contributed by atoms with van der Waals surface area (Å²) in [5.74, 6) is 0.586. The van der Waals surface area contributed by atoms with Crippen LogP contribution in [-0.2, 0) is 0 Å². The van der Waals surface area contributed by atoms with Crippen LogP contribution < -0.4 is 10.2 Å². The fourth-order valence-corrected chi connectivity index (χ4v) is 4.53. The number of nitrogens with one attached hydrogen (secondary N) is 1. The second-order valence-corrected chi connectivity index (χ2v) is 8.81. The van der Waals surface area contributed by atoms with Crippen molar-refractivity contribution >= 4 is 40.2 Å². The fourth-order valence-electron chi connectivity index (χ4n) is 4.04. The summed E-state index contributed by atoms with van der Waals surface area (Å²) >= 11 is 11.9. The second kappa shape index (κ2) is 9.00. The third-order valence-corrected chi connectivity index (χ3v) is 6.33. The first-order valence-corrected chi connectivity index (χ1v) is 11.4. The van der Waals surface area contributed by atoms with Gasteiger partial charge in [0, 0.05) is 22.0 Å². The topological polar surface area (TPSA) is 54.2 Å². The van der Waals surface area contributed by atoms with Crippen LogP contribution in [0.25, 0.3) is 17.0 Å². The molecule has 0 fully saturated rings. The molecular formula is C26H20ClFN4OS. The Hall–Kier alpha value is -3.55. The Morgan fingerprint density at radius 2 is 1.76 bits per heavy atom. The number of aromatic nitrogens is 2. The first-order chi connectivity index (χ1) is 16.4. The molecule has 1 N–H and O–H groups in total. The second-order valence-electron chi connectivity index (χ2n) is 7.99. The van der Waals surface area contributed by atoms with Crippen LogP contribution in [-0.4, -0.2) is 15.3 Å². The third-order valence-electron chi connectivity index (χ3n) is 5.78. The lowest BCUT2D eigenvalue weighted by Crippen LogP contribution is -2.46. The van der Waals surface area contributed by atoms with E-state index in [2.05, 4.69) is 10.5 Å². The van der Waals surface area contributed by atoms with Crippen molar-refractivity contribution < 1.29 is 8.91 Å².